The Hall–Kier alpha value is -2.42. The molecule has 3 rings (SSSR count). The highest BCUT2D eigenvalue weighted by atomic mass is 32.2. The molecule has 9 heteroatoms. The van der Waals surface area contributed by atoms with Crippen molar-refractivity contribution in [1.29, 1.82) is 0 Å². The van der Waals surface area contributed by atoms with E-state index >= 15 is 0 Å². The van der Waals surface area contributed by atoms with E-state index in [-0.39, 0.29) is 17.4 Å². The minimum Gasteiger partial charge on any atom is -0.320 e. The number of rotatable bonds is 3. The van der Waals surface area contributed by atoms with Crippen LogP contribution in [0.4, 0.5) is 11.4 Å². The molecule has 1 aliphatic heterocycles. The van der Waals surface area contributed by atoms with Gasteiger partial charge >= 0.3 is 0 Å². The smallest absolute Gasteiger partial charge is 0.277 e. The van der Waals surface area contributed by atoms with Gasteiger partial charge in [0.05, 0.1) is 17.6 Å². The molecule has 0 unspecified atom stereocenters. The first-order valence-corrected chi connectivity index (χ1v) is 8.76. The van der Waals surface area contributed by atoms with Gasteiger partial charge in [-0.15, -0.1) is 5.10 Å². The van der Waals surface area contributed by atoms with Crippen molar-refractivity contribution < 1.29 is 13.2 Å². The minimum absolute atomic E-state index is 0.155. The Bertz CT molecular complexity index is 859. The Morgan fingerprint density at radius 1 is 1.35 bits per heavy atom. The molecule has 0 saturated carbocycles. The number of aromatic nitrogens is 3. The van der Waals surface area contributed by atoms with Crippen molar-refractivity contribution in [1.82, 2.24) is 15.0 Å². The van der Waals surface area contributed by atoms with Gasteiger partial charge in [0, 0.05) is 19.3 Å². The molecule has 0 radical (unpaired) electrons. The van der Waals surface area contributed by atoms with E-state index < -0.39 is 10.0 Å². The fourth-order valence-electron chi connectivity index (χ4n) is 2.47. The molecule has 0 bridgehead atoms. The maximum absolute atomic E-state index is 12.2. The van der Waals surface area contributed by atoms with E-state index in [4.69, 9.17) is 0 Å². The summed E-state index contributed by atoms with van der Waals surface area (Å²) in [5.74, 6) is -0.232. The SMILES string of the molecule is Cc1ccc(N2CCCS2(=O)=O)cc1NC(=O)c1cn(C)nn1. The van der Waals surface area contributed by atoms with Crippen molar-refractivity contribution in [2.24, 2.45) is 7.05 Å². The molecule has 1 aromatic carbocycles. The predicted molar refractivity (Wildman–Crippen MR) is 85.9 cm³/mol. The zero-order valence-electron chi connectivity index (χ0n) is 12.9. The Labute approximate surface area is 134 Å². The molecular weight excluding hydrogens is 318 g/mol. The summed E-state index contributed by atoms with van der Waals surface area (Å²) in [6.45, 7) is 2.30. The molecule has 0 aliphatic carbocycles. The van der Waals surface area contributed by atoms with Gasteiger partial charge in [0.1, 0.15) is 0 Å². The van der Waals surface area contributed by atoms with Crippen molar-refractivity contribution in [2.45, 2.75) is 13.3 Å². The molecule has 122 valence electrons. The van der Waals surface area contributed by atoms with Crippen LogP contribution in [0.25, 0.3) is 0 Å². The summed E-state index contributed by atoms with van der Waals surface area (Å²) in [5.41, 5.74) is 2.15. The highest BCUT2D eigenvalue weighted by Crippen LogP contribution is 2.28. The molecule has 1 N–H and O–H groups in total. The molecule has 2 heterocycles. The summed E-state index contributed by atoms with van der Waals surface area (Å²) < 4.78 is 26.9. The lowest BCUT2D eigenvalue weighted by atomic mass is 10.1. The number of carbonyl (C=O) groups excluding carboxylic acids is 1. The second-order valence-electron chi connectivity index (χ2n) is 5.47. The van der Waals surface area contributed by atoms with Crippen LogP contribution in [0.15, 0.2) is 24.4 Å². The number of hydrogen-bond acceptors (Lipinski definition) is 5. The molecule has 1 aromatic heterocycles. The summed E-state index contributed by atoms with van der Waals surface area (Å²) in [4.78, 5) is 12.2. The topological polar surface area (TPSA) is 97.2 Å². The second kappa shape index (κ2) is 5.65. The maximum Gasteiger partial charge on any atom is 0.277 e. The van der Waals surface area contributed by atoms with Crippen LogP contribution in [0.5, 0.6) is 0 Å². The Morgan fingerprint density at radius 3 is 2.74 bits per heavy atom. The summed E-state index contributed by atoms with van der Waals surface area (Å²) in [6.07, 6.45) is 2.12. The van der Waals surface area contributed by atoms with Gasteiger partial charge in [-0.3, -0.25) is 13.8 Å². The molecule has 1 saturated heterocycles. The van der Waals surface area contributed by atoms with Crippen LogP contribution < -0.4 is 9.62 Å². The fraction of sp³-hybridized carbons (Fsp3) is 0.357. The fourth-order valence-corrected chi connectivity index (χ4v) is 4.02. The predicted octanol–water partition coefficient (Wildman–Crippen LogP) is 0.916. The largest absolute Gasteiger partial charge is 0.320 e. The molecule has 1 amide bonds. The van der Waals surface area contributed by atoms with E-state index in [0.717, 1.165) is 5.56 Å². The van der Waals surface area contributed by atoms with Gasteiger partial charge in [0.25, 0.3) is 5.91 Å². The second-order valence-corrected chi connectivity index (χ2v) is 7.49. The first-order chi connectivity index (χ1) is 10.9. The standard InChI is InChI=1S/C14H17N5O3S/c1-10-4-5-11(19-6-3-7-23(19,21)22)8-12(10)15-14(20)13-9-18(2)17-16-13/h4-5,8-9H,3,6-7H2,1-2H3,(H,15,20). The molecule has 0 spiro atoms. The number of benzene rings is 1. The summed E-state index contributed by atoms with van der Waals surface area (Å²) >= 11 is 0. The van der Waals surface area contributed by atoms with E-state index in [1.54, 1.807) is 25.2 Å². The molecule has 2 aromatic rings. The monoisotopic (exact) mass is 335 g/mol. The zero-order valence-corrected chi connectivity index (χ0v) is 13.7. The Morgan fingerprint density at radius 2 is 2.13 bits per heavy atom. The van der Waals surface area contributed by atoms with Gasteiger partial charge in [-0.1, -0.05) is 11.3 Å². The Kier molecular flexibility index (Phi) is 3.80. The average Bonchev–Trinajstić information content (AvgIpc) is 3.07. The number of carbonyl (C=O) groups is 1. The van der Waals surface area contributed by atoms with Crippen LogP contribution in [0.2, 0.25) is 0 Å². The molecule has 8 nitrogen and oxygen atoms in total. The number of nitrogens with zero attached hydrogens (tertiary/aromatic N) is 4. The summed E-state index contributed by atoms with van der Waals surface area (Å²) in [7, 11) is -1.58. The third-order valence-corrected chi connectivity index (χ3v) is 5.56. The van der Waals surface area contributed by atoms with Gasteiger partial charge in [-0.25, -0.2) is 8.42 Å². The van der Waals surface area contributed by atoms with Crippen LogP contribution in [0, 0.1) is 6.92 Å². The van der Waals surface area contributed by atoms with Gasteiger partial charge in [-0.2, -0.15) is 0 Å². The molecule has 1 fully saturated rings. The first kappa shape index (κ1) is 15.5. The van der Waals surface area contributed by atoms with Gasteiger partial charge in [0.15, 0.2) is 5.69 Å². The number of anilines is 2. The normalized spacial score (nSPS) is 16.5. The lowest BCUT2D eigenvalue weighted by Crippen LogP contribution is -2.25. The molecule has 0 atom stereocenters. The van der Waals surface area contributed by atoms with Crippen LogP contribution in [-0.2, 0) is 17.1 Å². The van der Waals surface area contributed by atoms with Crippen LogP contribution in [0.3, 0.4) is 0 Å². The van der Waals surface area contributed by atoms with E-state index in [1.807, 2.05) is 6.92 Å². The molecule has 23 heavy (non-hydrogen) atoms. The van der Waals surface area contributed by atoms with E-state index in [0.29, 0.717) is 24.3 Å². The van der Waals surface area contributed by atoms with Crippen LogP contribution >= 0.6 is 0 Å². The van der Waals surface area contributed by atoms with Crippen molar-refractivity contribution in [2.75, 3.05) is 21.9 Å². The number of amides is 1. The summed E-state index contributed by atoms with van der Waals surface area (Å²) in [6, 6.07) is 5.21. The highest BCUT2D eigenvalue weighted by molar-refractivity contribution is 7.93. The number of aryl methyl sites for hydroxylation is 2. The van der Waals surface area contributed by atoms with Crippen molar-refractivity contribution in [3.05, 3.63) is 35.7 Å². The van der Waals surface area contributed by atoms with Gasteiger partial charge < -0.3 is 5.32 Å². The average molecular weight is 335 g/mol. The molecule has 1 aliphatic rings. The third kappa shape index (κ3) is 3.04. The van der Waals surface area contributed by atoms with Gasteiger partial charge in [0.2, 0.25) is 10.0 Å². The maximum atomic E-state index is 12.2. The zero-order chi connectivity index (χ0) is 16.6. The van der Waals surface area contributed by atoms with E-state index in [2.05, 4.69) is 15.6 Å². The highest BCUT2D eigenvalue weighted by Gasteiger charge is 2.28. The number of nitrogens with one attached hydrogen (secondary N) is 1. The van der Waals surface area contributed by atoms with Crippen molar-refractivity contribution in [3.63, 3.8) is 0 Å². The van der Waals surface area contributed by atoms with Crippen LogP contribution in [0.1, 0.15) is 22.5 Å². The van der Waals surface area contributed by atoms with Crippen molar-refractivity contribution in [3.8, 4) is 0 Å². The number of hydrogen-bond donors (Lipinski definition) is 1. The lowest BCUT2D eigenvalue weighted by Gasteiger charge is -2.18. The number of sulfonamides is 1. The van der Waals surface area contributed by atoms with E-state index in [9.17, 15) is 13.2 Å². The van der Waals surface area contributed by atoms with Crippen molar-refractivity contribution >= 4 is 27.3 Å². The summed E-state index contributed by atoms with van der Waals surface area (Å²) in [5, 5.41) is 10.2. The van der Waals surface area contributed by atoms with Crippen LogP contribution in [-0.4, -0.2) is 41.6 Å². The Balaban J connectivity index is 1.88. The van der Waals surface area contributed by atoms with Gasteiger partial charge in [-0.05, 0) is 31.0 Å². The first-order valence-electron chi connectivity index (χ1n) is 7.15. The third-order valence-electron chi connectivity index (χ3n) is 3.69. The minimum atomic E-state index is -3.25. The quantitative estimate of drug-likeness (QED) is 0.899. The van der Waals surface area contributed by atoms with E-state index in [1.165, 1.54) is 15.2 Å². The molecular formula is C14H17N5O3S. The lowest BCUT2D eigenvalue weighted by molar-refractivity contribution is 0.102.